The Labute approximate surface area is 185 Å². The summed E-state index contributed by atoms with van der Waals surface area (Å²) in [6.07, 6.45) is 4.95. The van der Waals surface area contributed by atoms with Crippen LogP contribution in [0, 0.1) is 0 Å². The largest absolute Gasteiger partial charge is 0.493 e. The van der Waals surface area contributed by atoms with E-state index in [1.54, 1.807) is 49.5 Å². The predicted molar refractivity (Wildman–Crippen MR) is 121 cm³/mol. The summed E-state index contributed by atoms with van der Waals surface area (Å²) in [6, 6.07) is 20.4. The monoisotopic (exact) mass is 427 g/mol. The zero-order valence-electron chi connectivity index (χ0n) is 17.6. The molecule has 0 aliphatic carbocycles. The molecule has 2 aromatic heterocycles. The van der Waals surface area contributed by atoms with E-state index in [0.717, 1.165) is 11.3 Å². The highest BCUT2D eigenvalue weighted by molar-refractivity contribution is 5.94. The van der Waals surface area contributed by atoms with Gasteiger partial charge in [0.25, 0.3) is 5.91 Å². The van der Waals surface area contributed by atoms with E-state index in [1.165, 1.54) is 0 Å². The Balaban J connectivity index is 1.69. The van der Waals surface area contributed by atoms with E-state index in [2.05, 4.69) is 15.5 Å². The molecule has 2 aromatic carbocycles. The fourth-order valence-electron chi connectivity index (χ4n) is 3.12. The normalized spacial score (nSPS) is 10.8. The van der Waals surface area contributed by atoms with E-state index >= 15 is 0 Å². The van der Waals surface area contributed by atoms with Gasteiger partial charge in [0.05, 0.1) is 26.1 Å². The lowest BCUT2D eigenvalue weighted by Gasteiger charge is -2.09. The molecular weight excluding hydrogens is 406 g/mol. The molecule has 0 aliphatic rings. The first-order chi connectivity index (χ1) is 15.7. The van der Waals surface area contributed by atoms with Gasteiger partial charge in [-0.05, 0) is 42.5 Å². The third kappa shape index (κ3) is 4.49. The molecule has 0 bridgehead atoms. The van der Waals surface area contributed by atoms with Crippen molar-refractivity contribution >= 4 is 12.1 Å². The number of para-hydroxylation sites is 1. The summed E-state index contributed by atoms with van der Waals surface area (Å²) in [5.41, 5.74) is 5.88. The number of nitrogens with zero attached hydrogens (tertiary/aromatic N) is 4. The van der Waals surface area contributed by atoms with Gasteiger partial charge in [-0.3, -0.25) is 9.78 Å². The number of aromatic nitrogens is 3. The van der Waals surface area contributed by atoms with Gasteiger partial charge in [-0.25, -0.2) is 10.1 Å². The number of ether oxygens (including phenoxy) is 2. The van der Waals surface area contributed by atoms with Crippen molar-refractivity contribution in [3.05, 3.63) is 90.4 Å². The van der Waals surface area contributed by atoms with Gasteiger partial charge in [-0.1, -0.05) is 24.3 Å². The number of carbonyl (C=O) groups excluding carboxylic acids is 1. The van der Waals surface area contributed by atoms with Crippen LogP contribution in [0.5, 0.6) is 11.5 Å². The van der Waals surface area contributed by atoms with Crippen molar-refractivity contribution in [2.24, 2.45) is 5.10 Å². The van der Waals surface area contributed by atoms with Crippen molar-refractivity contribution in [3.8, 4) is 28.4 Å². The summed E-state index contributed by atoms with van der Waals surface area (Å²) >= 11 is 0. The summed E-state index contributed by atoms with van der Waals surface area (Å²) in [5.74, 6) is 0.812. The molecule has 0 saturated carbocycles. The molecule has 4 rings (SSSR count). The maximum Gasteiger partial charge on any atom is 0.289 e. The minimum absolute atomic E-state index is 0.282. The standard InChI is InChI=1S/C24H21N5O3/c1-31-21-12-11-17(14-22(21)32-2)23-18(16-29(28-23)19-8-4-3-5-9-19)15-26-27-24(30)20-10-6-7-13-25-20/h3-16H,1-2H3,(H,27,30)/b26-15+. The smallest absolute Gasteiger partial charge is 0.289 e. The molecule has 0 saturated heterocycles. The fourth-order valence-corrected chi connectivity index (χ4v) is 3.12. The van der Waals surface area contributed by atoms with E-state index in [9.17, 15) is 4.79 Å². The average Bonchev–Trinajstić information content (AvgIpc) is 3.28. The zero-order valence-corrected chi connectivity index (χ0v) is 17.6. The number of hydrogen-bond acceptors (Lipinski definition) is 6. The van der Waals surface area contributed by atoms with E-state index in [-0.39, 0.29) is 5.69 Å². The maximum absolute atomic E-state index is 12.2. The van der Waals surface area contributed by atoms with Crippen LogP contribution in [0.1, 0.15) is 16.1 Å². The number of rotatable bonds is 7. The lowest BCUT2D eigenvalue weighted by atomic mass is 10.1. The second kappa shape index (κ2) is 9.57. The van der Waals surface area contributed by atoms with Gasteiger partial charge in [0.15, 0.2) is 11.5 Å². The fraction of sp³-hybridized carbons (Fsp3) is 0.0833. The second-order valence-corrected chi connectivity index (χ2v) is 6.70. The minimum Gasteiger partial charge on any atom is -0.493 e. The van der Waals surface area contributed by atoms with Crippen LogP contribution in [0.3, 0.4) is 0 Å². The van der Waals surface area contributed by atoms with Crippen LogP contribution >= 0.6 is 0 Å². The highest BCUT2D eigenvalue weighted by atomic mass is 16.5. The van der Waals surface area contributed by atoms with Crippen LogP contribution in [-0.2, 0) is 0 Å². The highest BCUT2D eigenvalue weighted by Gasteiger charge is 2.14. The first kappa shape index (κ1) is 20.8. The van der Waals surface area contributed by atoms with E-state index in [4.69, 9.17) is 14.6 Å². The summed E-state index contributed by atoms with van der Waals surface area (Å²) in [5, 5.41) is 8.86. The van der Waals surface area contributed by atoms with Crippen molar-refractivity contribution in [1.82, 2.24) is 20.2 Å². The predicted octanol–water partition coefficient (Wildman–Crippen LogP) is 3.72. The molecule has 0 unspecified atom stereocenters. The number of amides is 1. The lowest BCUT2D eigenvalue weighted by molar-refractivity contribution is 0.0950. The molecule has 0 spiro atoms. The van der Waals surface area contributed by atoms with Gasteiger partial charge in [0.1, 0.15) is 11.4 Å². The molecule has 160 valence electrons. The maximum atomic E-state index is 12.2. The number of benzene rings is 2. The number of nitrogens with one attached hydrogen (secondary N) is 1. The molecule has 32 heavy (non-hydrogen) atoms. The highest BCUT2D eigenvalue weighted by Crippen LogP contribution is 2.33. The summed E-state index contributed by atoms with van der Waals surface area (Å²) in [7, 11) is 3.17. The van der Waals surface area contributed by atoms with E-state index < -0.39 is 5.91 Å². The third-order valence-corrected chi connectivity index (χ3v) is 4.69. The SMILES string of the molecule is COc1ccc(-c2nn(-c3ccccc3)cc2/C=N/NC(=O)c2ccccn2)cc1OC. The van der Waals surface area contributed by atoms with E-state index in [0.29, 0.717) is 22.8 Å². The molecule has 1 amide bonds. The molecule has 0 fully saturated rings. The van der Waals surface area contributed by atoms with Crippen molar-refractivity contribution in [2.75, 3.05) is 14.2 Å². The average molecular weight is 427 g/mol. The van der Waals surface area contributed by atoms with Crippen LogP contribution in [-0.4, -0.2) is 41.1 Å². The van der Waals surface area contributed by atoms with Gasteiger partial charge in [-0.15, -0.1) is 0 Å². The second-order valence-electron chi connectivity index (χ2n) is 6.70. The number of carbonyl (C=O) groups is 1. The van der Waals surface area contributed by atoms with Crippen molar-refractivity contribution in [2.45, 2.75) is 0 Å². The molecule has 4 aromatic rings. The molecule has 1 N–H and O–H groups in total. The summed E-state index contributed by atoms with van der Waals surface area (Å²) in [6.45, 7) is 0. The Morgan fingerprint density at radius 3 is 2.50 bits per heavy atom. The number of pyridine rings is 1. The number of hydrogen-bond donors (Lipinski definition) is 1. The van der Waals surface area contributed by atoms with Crippen LogP contribution in [0.25, 0.3) is 16.9 Å². The summed E-state index contributed by atoms with van der Waals surface area (Å²) < 4.78 is 12.5. The van der Waals surface area contributed by atoms with Crippen molar-refractivity contribution in [3.63, 3.8) is 0 Å². The Morgan fingerprint density at radius 1 is 1.00 bits per heavy atom. The molecule has 0 atom stereocenters. The first-order valence-electron chi connectivity index (χ1n) is 9.81. The van der Waals surface area contributed by atoms with Crippen LogP contribution in [0.4, 0.5) is 0 Å². The van der Waals surface area contributed by atoms with Gasteiger partial charge in [0, 0.05) is 23.5 Å². The topological polar surface area (TPSA) is 90.6 Å². The molecule has 8 heteroatoms. The lowest BCUT2D eigenvalue weighted by Crippen LogP contribution is -2.18. The van der Waals surface area contributed by atoms with Crippen molar-refractivity contribution < 1.29 is 14.3 Å². The molecule has 2 heterocycles. The number of hydrazone groups is 1. The third-order valence-electron chi connectivity index (χ3n) is 4.69. The molecule has 8 nitrogen and oxygen atoms in total. The van der Waals surface area contributed by atoms with Gasteiger partial charge < -0.3 is 9.47 Å². The Bertz CT molecular complexity index is 1240. The Hall–Kier alpha value is -4.46. The Morgan fingerprint density at radius 2 is 1.78 bits per heavy atom. The molecular formula is C24H21N5O3. The van der Waals surface area contributed by atoms with Gasteiger partial charge in [-0.2, -0.15) is 10.2 Å². The molecule has 0 aliphatic heterocycles. The quantitative estimate of drug-likeness (QED) is 0.359. The van der Waals surface area contributed by atoms with Crippen LogP contribution in [0.15, 0.2) is 84.2 Å². The first-order valence-corrected chi connectivity index (χ1v) is 9.81. The van der Waals surface area contributed by atoms with E-state index in [1.807, 2.05) is 54.7 Å². The Kier molecular flexibility index (Phi) is 6.22. The summed E-state index contributed by atoms with van der Waals surface area (Å²) in [4.78, 5) is 16.3. The van der Waals surface area contributed by atoms with Crippen molar-refractivity contribution in [1.29, 1.82) is 0 Å². The molecule has 0 radical (unpaired) electrons. The van der Waals surface area contributed by atoms with Gasteiger partial charge >= 0.3 is 0 Å². The number of methoxy groups -OCH3 is 2. The minimum atomic E-state index is -0.398. The van der Waals surface area contributed by atoms with Gasteiger partial charge in [0.2, 0.25) is 0 Å². The van der Waals surface area contributed by atoms with Crippen LogP contribution in [0.2, 0.25) is 0 Å². The zero-order chi connectivity index (χ0) is 22.3. The van der Waals surface area contributed by atoms with Crippen LogP contribution < -0.4 is 14.9 Å².